The summed E-state index contributed by atoms with van der Waals surface area (Å²) in [4.78, 5) is 11.6. The summed E-state index contributed by atoms with van der Waals surface area (Å²) in [6.45, 7) is 2.00. The molecule has 0 aliphatic heterocycles. The van der Waals surface area contributed by atoms with Crippen LogP contribution < -0.4 is 0 Å². The van der Waals surface area contributed by atoms with Gasteiger partial charge in [-0.2, -0.15) is 0 Å². The molecule has 0 aliphatic rings. The number of ether oxygens (including phenoxy) is 1. The molecule has 0 fully saturated rings. The molecule has 0 spiro atoms. The molecule has 17 heavy (non-hydrogen) atoms. The minimum Gasteiger partial charge on any atom is -0.461 e. The van der Waals surface area contributed by atoms with Crippen molar-refractivity contribution in [1.29, 1.82) is 0 Å². The number of hydrogen-bond donors (Lipinski definition) is 0. The van der Waals surface area contributed by atoms with E-state index in [4.69, 9.17) is 20.9 Å². The first-order valence-corrected chi connectivity index (χ1v) is 5.49. The van der Waals surface area contributed by atoms with Crippen molar-refractivity contribution in [3.05, 3.63) is 41.2 Å². The number of hydrogen-bond acceptors (Lipinski definition) is 4. The first-order valence-electron chi connectivity index (χ1n) is 5.11. The van der Waals surface area contributed by atoms with E-state index >= 15 is 0 Å². The molecule has 0 N–H and O–H groups in total. The molecule has 1 aromatic carbocycles. The van der Waals surface area contributed by atoms with Crippen LogP contribution in [0.15, 0.2) is 34.9 Å². The Morgan fingerprint density at radius 1 is 1.41 bits per heavy atom. The van der Waals surface area contributed by atoms with Gasteiger partial charge in [0, 0.05) is 0 Å². The van der Waals surface area contributed by atoms with Gasteiger partial charge in [0.15, 0.2) is 0 Å². The van der Waals surface area contributed by atoms with E-state index in [0.29, 0.717) is 5.56 Å². The van der Waals surface area contributed by atoms with Gasteiger partial charge in [0.05, 0.1) is 12.2 Å². The Hall–Kier alpha value is -1.81. The van der Waals surface area contributed by atoms with Crippen molar-refractivity contribution in [3.63, 3.8) is 0 Å². The summed E-state index contributed by atoms with van der Waals surface area (Å²) in [5.74, 6) is -0.540. The standard InChI is InChI=1S/C12H10ClNO3/c1-2-16-12(15)10-9(11(13)17-14-10)8-6-4-3-5-7-8/h3-7H,2H2,1H3. The van der Waals surface area contributed by atoms with Gasteiger partial charge in [-0.25, -0.2) is 4.79 Å². The van der Waals surface area contributed by atoms with Gasteiger partial charge in [0.2, 0.25) is 10.9 Å². The predicted molar refractivity (Wildman–Crippen MR) is 62.9 cm³/mol. The second kappa shape index (κ2) is 5.01. The highest BCUT2D eigenvalue weighted by Gasteiger charge is 2.23. The normalized spacial score (nSPS) is 10.2. The summed E-state index contributed by atoms with van der Waals surface area (Å²) in [5, 5.41) is 3.71. The largest absolute Gasteiger partial charge is 0.461 e. The molecule has 0 atom stereocenters. The van der Waals surface area contributed by atoms with Crippen LogP contribution in [0.3, 0.4) is 0 Å². The van der Waals surface area contributed by atoms with Crippen molar-refractivity contribution in [2.75, 3.05) is 6.61 Å². The quantitative estimate of drug-likeness (QED) is 0.787. The molecule has 4 nitrogen and oxygen atoms in total. The molecular weight excluding hydrogens is 242 g/mol. The van der Waals surface area contributed by atoms with Crippen LogP contribution in [0.4, 0.5) is 0 Å². The van der Waals surface area contributed by atoms with Crippen LogP contribution in [0.25, 0.3) is 11.1 Å². The fraction of sp³-hybridized carbons (Fsp3) is 0.167. The van der Waals surface area contributed by atoms with Crippen molar-refractivity contribution in [2.24, 2.45) is 0 Å². The Bertz CT molecular complexity index is 522. The first kappa shape index (κ1) is 11.7. The molecule has 2 rings (SSSR count). The molecule has 0 radical (unpaired) electrons. The highest BCUT2D eigenvalue weighted by atomic mass is 35.5. The molecule has 88 valence electrons. The van der Waals surface area contributed by atoms with E-state index in [-0.39, 0.29) is 17.5 Å². The summed E-state index contributed by atoms with van der Waals surface area (Å²) in [6.07, 6.45) is 0. The van der Waals surface area contributed by atoms with Gasteiger partial charge in [0.25, 0.3) is 0 Å². The number of carbonyl (C=O) groups is 1. The third-order valence-electron chi connectivity index (χ3n) is 2.18. The molecule has 0 amide bonds. The highest BCUT2D eigenvalue weighted by Crippen LogP contribution is 2.31. The van der Waals surface area contributed by atoms with Crippen LogP contribution in [-0.4, -0.2) is 17.7 Å². The van der Waals surface area contributed by atoms with E-state index in [2.05, 4.69) is 5.16 Å². The smallest absolute Gasteiger partial charge is 0.361 e. The maximum atomic E-state index is 11.6. The lowest BCUT2D eigenvalue weighted by molar-refractivity contribution is 0.0515. The molecular formula is C12H10ClNO3. The monoisotopic (exact) mass is 251 g/mol. The van der Waals surface area contributed by atoms with Gasteiger partial charge in [-0.05, 0) is 24.1 Å². The maximum Gasteiger partial charge on any atom is 0.361 e. The van der Waals surface area contributed by atoms with Crippen molar-refractivity contribution < 1.29 is 14.1 Å². The van der Waals surface area contributed by atoms with E-state index in [1.165, 1.54) is 0 Å². The number of esters is 1. The molecule has 0 saturated heterocycles. The van der Waals surface area contributed by atoms with Crippen LogP contribution in [0, 0.1) is 0 Å². The van der Waals surface area contributed by atoms with E-state index in [1.54, 1.807) is 6.92 Å². The number of benzene rings is 1. The van der Waals surface area contributed by atoms with Crippen molar-refractivity contribution in [3.8, 4) is 11.1 Å². The zero-order valence-electron chi connectivity index (χ0n) is 9.14. The summed E-state index contributed by atoms with van der Waals surface area (Å²) in [5.41, 5.74) is 1.33. The Kier molecular flexibility index (Phi) is 3.44. The summed E-state index contributed by atoms with van der Waals surface area (Å²) < 4.78 is 9.72. The molecule has 1 heterocycles. The predicted octanol–water partition coefficient (Wildman–Crippen LogP) is 3.17. The van der Waals surface area contributed by atoms with E-state index in [9.17, 15) is 4.79 Å². The number of rotatable bonds is 3. The second-order valence-electron chi connectivity index (χ2n) is 3.27. The zero-order valence-corrected chi connectivity index (χ0v) is 9.90. The molecule has 5 heteroatoms. The first-order chi connectivity index (χ1) is 8.24. The average Bonchev–Trinajstić information content (AvgIpc) is 2.73. The van der Waals surface area contributed by atoms with Gasteiger partial charge in [-0.15, -0.1) is 0 Å². The fourth-order valence-electron chi connectivity index (χ4n) is 1.46. The minimum absolute atomic E-state index is 0.0826. The van der Waals surface area contributed by atoms with Crippen molar-refractivity contribution in [2.45, 2.75) is 6.92 Å². The summed E-state index contributed by atoms with van der Waals surface area (Å²) >= 11 is 5.89. The Morgan fingerprint density at radius 3 is 2.76 bits per heavy atom. The topological polar surface area (TPSA) is 52.3 Å². The van der Waals surface area contributed by atoms with Gasteiger partial charge in [-0.3, -0.25) is 0 Å². The van der Waals surface area contributed by atoms with Crippen LogP contribution in [0.1, 0.15) is 17.4 Å². The molecule has 0 saturated carbocycles. The van der Waals surface area contributed by atoms with Crippen molar-refractivity contribution >= 4 is 17.6 Å². The molecule has 0 bridgehead atoms. The lowest BCUT2D eigenvalue weighted by Gasteiger charge is -2.01. The SMILES string of the molecule is CCOC(=O)c1noc(Cl)c1-c1ccccc1. The lowest BCUT2D eigenvalue weighted by atomic mass is 10.1. The molecule has 0 unspecified atom stereocenters. The number of aromatic nitrogens is 1. The van der Waals surface area contributed by atoms with Gasteiger partial charge in [0.1, 0.15) is 0 Å². The van der Waals surface area contributed by atoms with E-state index < -0.39 is 5.97 Å². The van der Waals surface area contributed by atoms with Crippen LogP contribution in [0.2, 0.25) is 5.22 Å². The van der Waals surface area contributed by atoms with E-state index in [1.807, 2.05) is 30.3 Å². The Morgan fingerprint density at radius 2 is 2.12 bits per heavy atom. The number of carbonyl (C=O) groups excluding carboxylic acids is 1. The van der Waals surface area contributed by atoms with Crippen LogP contribution in [-0.2, 0) is 4.74 Å². The van der Waals surface area contributed by atoms with E-state index in [0.717, 1.165) is 5.56 Å². The third kappa shape index (κ3) is 2.31. The van der Waals surface area contributed by atoms with Gasteiger partial charge >= 0.3 is 5.97 Å². The summed E-state index contributed by atoms with van der Waals surface area (Å²) in [7, 11) is 0. The third-order valence-corrected chi connectivity index (χ3v) is 2.44. The second-order valence-corrected chi connectivity index (χ2v) is 3.61. The molecule has 2 aromatic rings. The molecule has 0 aliphatic carbocycles. The zero-order chi connectivity index (χ0) is 12.3. The highest BCUT2D eigenvalue weighted by molar-refractivity contribution is 6.32. The van der Waals surface area contributed by atoms with Gasteiger partial charge in [-0.1, -0.05) is 35.5 Å². The molecule has 1 aromatic heterocycles. The number of nitrogens with zero attached hydrogens (tertiary/aromatic N) is 1. The lowest BCUT2D eigenvalue weighted by Crippen LogP contribution is -2.06. The Labute approximate surface area is 103 Å². The summed E-state index contributed by atoms with van der Waals surface area (Å²) in [6, 6.07) is 9.19. The number of halogens is 1. The Balaban J connectivity index is 2.47. The maximum absolute atomic E-state index is 11.6. The van der Waals surface area contributed by atoms with Gasteiger partial charge < -0.3 is 9.26 Å². The van der Waals surface area contributed by atoms with Crippen molar-refractivity contribution in [1.82, 2.24) is 5.16 Å². The average molecular weight is 252 g/mol. The van der Waals surface area contributed by atoms with Crippen LogP contribution >= 0.6 is 11.6 Å². The minimum atomic E-state index is -0.540. The van der Waals surface area contributed by atoms with Crippen LogP contribution in [0.5, 0.6) is 0 Å². The fourth-order valence-corrected chi connectivity index (χ4v) is 1.70.